The fraction of sp³-hybridized carbons (Fsp3) is 0.0952. The summed E-state index contributed by atoms with van der Waals surface area (Å²) in [6.45, 7) is 0.415. The second-order valence-corrected chi connectivity index (χ2v) is 6.89. The summed E-state index contributed by atoms with van der Waals surface area (Å²) in [5.41, 5.74) is 3.14. The Bertz CT molecular complexity index is 1050. The van der Waals surface area contributed by atoms with Gasteiger partial charge in [-0.05, 0) is 30.3 Å². The van der Waals surface area contributed by atoms with Crippen molar-refractivity contribution in [3.63, 3.8) is 0 Å². The molecule has 2 heterocycles. The highest BCUT2D eigenvalue weighted by atomic mass is 32.2. The van der Waals surface area contributed by atoms with Gasteiger partial charge in [0.2, 0.25) is 5.91 Å². The van der Waals surface area contributed by atoms with Gasteiger partial charge in [-0.3, -0.25) is 9.78 Å². The first-order valence-electron chi connectivity index (χ1n) is 8.66. The van der Waals surface area contributed by atoms with Crippen molar-refractivity contribution in [3.05, 3.63) is 78.6 Å². The Kier molecular flexibility index (Phi) is 5.53. The quantitative estimate of drug-likeness (QED) is 0.466. The Morgan fingerprint density at radius 3 is 2.89 bits per heavy atom. The van der Waals surface area contributed by atoms with Crippen LogP contribution < -0.4 is 10.1 Å². The summed E-state index contributed by atoms with van der Waals surface area (Å²) in [5, 5.41) is 3.34. The number of nitrogens with zero attached hydrogens (tertiary/aromatic N) is 2. The molecule has 7 heteroatoms. The summed E-state index contributed by atoms with van der Waals surface area (Å²) in [6.07, 6.45) is 3.48. The summed E-state index contributed by atoms with van der Waals surface area (Å²) < 4.78 is 11.4. The van der Waals surface area contributed by atoms with Crippen LogP contribution in [0.1, 0.15) is 5.56 Å². The maximum Gasteiger partial charge on any atom is 0.257 e. The number of anilines is 1. The van der Waals surface area contributed by atoms with E-state index in [0.29, 0.717) is 28.8 Å². The van der Waals surface area contributed by atoms with Crippen LogP contribution in [0.2, 0.25) is 0 Å². The lowest BCUT2D eigenvalue weighted by molar-refractivity contribution is -0.113. The Balaban J connectivity index is 1.31. The Hall–Kier alpha value is -3.32. The SMILES string of the molecule is O=C(CSc1nc2ccccc2o1)Nc1cccc(OCc2cccnc2)c1. The third kappa shape index (κ3) is 4.69. The fourth-order valence-corrected chi connectivity index (χ4v) is 3.19. The van der Waals surface area contributed by atoms with E-state index in [1.165, 1.54) is 11.8 Å². The molecule has 0 saturated heterocycles. The lowest BCUT2D eigenvalue weighted by Gasteiger charge is -2.09. The molecule has 0 aliphatic rings. The molecule has 0 fully saturated rings. The minimum Gasteiger partial charge on any atom is -0.489 e. The van der Waals surface area contributed by atoms with Gasteiger partial charge >= 0.3 is 0 Å². The number of aromatic nitrogens is 2. The molecule has 0 radical (unpaired) electrons. The number of rotatable bonds is 7. The molecule has 4 rings (SSSR count). The van der Waals surface area contributed by atoms with Crippen LogP contribution in [0.15, 0.2) is 82.7 Å². The van der Waals surface area contributed by atoms with E-state index in [1.54, 1.807) is 18.5 Å². The number of thioether (sulfide) groups is 1. The van der Waals surface area contributed by atoms with Gasteiger partial charge in [-0.2, -0.15) is 0 Å². The van der Waals surface area contributed by atoms with Crippen LogP contribution in [-0.2, 0) is 11.4 Å². The van der Waals surface area contributed by atoms with Crippen molar-refractivity contribution < 1.29 is 13.9 Å². The molecule has 1 N–H and O–H groups in total. The molecule has 0 unspecified atom stereocenters. The molecule has 0 spiro atoms. The smallest absolute Gasteiger partial charge is 0.257 e. The van der Waals surface area contributed by atoms with E-state index in [9.17, 15) is 4.79 Å². The number of carbonyl (C=O) groups is 1. The van der Waals surface area contributed by atoms with Crippen molar-refractivity contribution in [3.8, 4) is 5.75 Å². The predicted molar refractivity (Wildman–Crippen MR) is 108 cm³/mol. The van der Waals surface area contributed by atoms with Gasteiger partial charge in [0.1, 0.15) is 17.9 Å². The average molecular weight is 391 g/mol. The van der Waals surface area contributed by atoms with Gasteiger partial charge in [0, 0.05) is 29.7 Å². The molecular weight excluding hydrogens is 374 g/mol. The summed E-state index contributed by atoms with van der Waals surface area (Å²) in [7, 11) is 0. The second kappa shape index (κ2) is 8.58. The lowest BCUT2D eigenvalue weighted by atomic mass is 10.3. The van der Waals surface area contributed by atoms with Gasteiger partial charge in [0.05, 0.1) is 5.75 Å². The highest BCUT2D eigenvalue weighted by Crippen LogP contribution is 2.24. The van der Waals surface area contributed by atoms with E-state index < -0.39 is 0 Å². The number of carbonyl (C=O) groups excluding carboxylic acids is 1. The van der Waals surface area contributed by atoms with Crippen molar-refractivity contribution in [2.45, 2.75) is 11.8 Å². The molecule has 140 valence electrons. The monoisotopic (exact) mass is 391 g/mol. The molecule has 0 aliphatic heterocycles. The standard InChI is InChI=1S/C21H17N3O3S/c25-20(14-28-21-24-18-8-1-2-9-19(18)27-21)23-16-6-3-7-17(11-16)26-13-15-5-4-10-22-12-15/h1-12H,13-14H2,(H,23,25). The average Bonchev–Trinajstić information content (AvgIpc) is 3.15. The first-order valence-corrected chi connectivity index (χ1v) is 9.65. The van der Waals surface area contributed by atoms with Crippen molar-refractivity contribution >= 4 is 34.5 Å². The number of amides is 1. The number of oxazole rings is 1. The fourth-order valence-electron chi connectivity index (χ4n) is 2.55. The first-order chi connectivity index (χ1) is 13.8. The van der Waals surface area contributed by atoms with Gasteiger partial charge in [-0.1, -0.05) is 36.0 Å². The van der Waals surface area contributed by atoms with Crippen LogP contribution in [0, 0.1) is 0 Å². The number of para-hydroxylation sites is 2. The highest BCUT2D eigenvalue weighted by molar-refractivity contribution is 7.99. The molecular formula is C21H17N3O3S. The third-order valence-corrected chi connectivity index (χ3v) is 4.68. The summed E-state index contributed by atoms with van der Waals surface area (Å²) in [6, 6.07) is 18.6. The van der Waals surface area contributed by atoms with E-state index in [-0.39, 0.29) is 11.7 Å². The molecule has 0 bridgehead atoms. The normalized spacial score (nSPS) is 10.7. The Morgan fingerprint density at radius 2 is 2.04 bits per heavy atom. The molecule has 2 aromatic heterocycles. The zero-order chi connectivity index (χ0) is 19.2. The predicted octanol–water partition coefficient (Wildman–Crippen LogP) is 4.53. The molecule has 0 saturated carbocycles. The molecule has 0 atom stereocenters. The van der Waals surface area contributed by atoms with Gasteiger partial charge in [-0.25, -0.2) is 4.98 Å². The maximum atomic E-state index is 12.2. The minimum absolute atomic E-state index is 0.142. The molecule has 28 heavy (non-hydrogen) atoms. The van der Waals surface area contributed by atoms with Crippen LogP contribution >= 0.6 is 11.8 Å². The molecule has 4 aromatic rings. The molecule has 2 aromatic carbocycles. The maximum absolute atomic E-state index is 12.2. The summed E-state index contributed by atoms with van der Waals surface area (Å²) in [5.74, 6) is 0.734. The van der Waals surface area contributed by atoms with Crippen LogP contribution in [0.25, 0.3) is 11.1 Å². The van der Waals surface area contributed by atoms with Gasteiger partial charge in [0.15, 0.2) is 5.58 Å². The van der Waals surface area contributed by atoms with Gasteiger partial charge < -0.3 is 14.5 Å². The summed E-state index contributed by atoms with van der Waals surface area (Å²) in [4.78, 5) is 20.7. The van der Waals surface area contributed by atoms with Gasteiger partial charge in [0.25, 0.3) is 5.22 Å². The topological polar surface area (TPSA) is 77.2 Å². The minimum atomic E-state index is -0.142. The molecule has 6 nitrogen and oxygen atoms in total. The zero-order valence-electron chi connectivity index (χ0n) is 14.9. The lowest BCUT2D eigenvalue weighted by Crippen LogP contribution is -2.14. The number of ether oxygens (including phenoxy) is 1. The number of pyridine rings is 1. The number of fused-ring (bicyclic) bond motifs is 1. The Morgan fingerprint density at radius 1 is 1.11 bits per heavy atom. The van der Waals surface area contributed by atoms with Crippen LogP contribution in [0.4, 0.5) is 5.69 Å². The number of hydrogen-bond donors (Lipinski definition) is 1. The van der Waals surface area contributed by atoms with Crippen LogP contribution in [-0.4, -0.2) is 21.6 Å². The van der Waals surface area contributed by atoms with E-state index in [2.05, 4.69) is 15.3 Å². The largest absolute Gasteiger partial charge is 0.489 e. The number of benzene rings is 2. The van der Waals surface area contributed by atoms with E-state index in [0.717, 1.165) is 11.1 Å². The number of hydrogen-bond acceptors (Lipinski definition) is 6. The molecule has 1 amide bonds. The third-order valence-electron chi connectivity index (χ3n) is 3.85. The van der Waals surface area contributed by atoms with E-state index in [1.807, 2.05) is 54.6 Å². The van der Waals surface area contributed by atoms with E-state index in [4.69, 9.17) is 9.15 Å². The van der Waals surface area contributed by atoms with Crippen molar-refractivity contribution in [1.29, 1.82) is 0 Å². The number of nitrogens with one attached hydrogen (secondary N) is 1. The van der Waals surface area contributed by atoms with E-state index >= 15 is 0 Å². The van der Waals surface area contributed by atoms with Gasteiger partial charge in [-0.15, -0.1) is 0 Å². The zero-order valence-corrected chi connectivity index (χ0v) is 15.7. The first kappa shape index (κ1) is 18.1. The van der Waals surface area contributed by atoms with Crippen molar-refractivity contribution in [2.24, 2.45) is 0 Å². The molecule has 0 aliphatic carbocycles. The second-order valence-electron chi connectivity index (χ2n) is 5.96. The van der Waals surface area contributed by atoms with Crippen LogP contribution in [0.3, 0.4) is 0 Å². The Labute approximate surface area is 166 Å². The van der Waals surface area contributed by atoms with Crippen molar-refractivity contribution in [2.75, 3.05) is 11.1 Å². The van der Waals surface area contributed by atoms with Crippen LogP contribution in [0.5, 0.6) is 5.75 Å². The summed E-state index contributed by atoms with van der Waals surface area (Å²) >= 11 is 1.26. The highest BCUT2D eigenvalue weighted by Gasteiger charge is 2.09. The van der Waals surface area contributed by atoms with Crippen molar-refractivity contribution in [1.82, 2.24) is 9.97 Å².